The summed E-state index contributed by atoms with van der Waals surface area (Å²) < 4.78 is 5.51. The average Bonchev–Trinajstić information content (AvgIpc) is 2.68. The summed E-state index contributed by atoms with van der Waals surface area (Å²) in [5, 5.41) is 0.814. The fraction of sp³-hybridized carbons (Fsp3) is 0.381. The molecule has 2 aliphatic rings. The lowest BCUT2D eigenvalue weighted by Gasteiger charge is -2.35. The number of amides is 1. The van der Waals surface area contributed by atoms with Gasteiger partial charge in [0.1, 0.15) is 5.75 Å². The molecular formula is C21H23ClN2O2. The topological polar surface area (TPSA) is 32.8 Å². The van der Waals surface area contributed by atoms with Crippen molar-refractivity contribution in [1.29, 1.82) is 0 Å². The minimum absolute atomic E-state index is 0.0394. The van der Waals surface area contributed by atoms with E-state index in [-0.39, 0.29) is 12.5 Å². The molecule has 0 N–H and O–H groups in total. The molecule has 5 heteroatoms. The van der Waals surface area contributed by atoms with Crippen LogP contribution in [0.3, 0.4) is 0 Å². The molecule has 0 unspecified atom stereocenters. The number of anilines is 1. The number of halogens is 1. The highest BCUT2D eigenvalue weighted by Crippen LogP contribution is 2.32. The molecule has 1 saturated heterocycles. The van der Waals surface area contributed by atoms with Gasteiger partial charge in [0, 0.05) is 18.1 Å². The molecule has 4 nitrogen and oxygen atoms in total. The van der Waals surface area contributed by atoms with E-state index in [4.69, 9.17) is 16.3 Å². The largest absolute Gasteiger partial charge is 0.482 e. The number of hydrogen-bond acceptors (Lipinski definition) is 3. The molecule has 26 heavy (non-hydrogen) atoms. The molecule has 0 atom stereocenters. The Hall–Kier alpha value is -2.04. The van der Waals surface area contributed by atoms with E-state index < -0.39 is 0 Å². The molecule has 0 spiro atoms. The van der Waals surface area contributed by atoms with Crippen LogP contribution < -0.4 is 9.64 Å². The number of piperidine rings is 1. The molecule has 2 heterocycles. The lowest BCUT2D eigenvalue weighted by Crippen LogP contribution is -2.44. The zero-order valence-corrected chi connectivity index (χ0v) is 15.5. The van der Waals surface area contributed by atoms with Crippen molar-refractivity contribution in [1.82, 2.24) is 4.90 Å². The lowest BCUT2D eigenvalue weighted by atomic mass is 9.89. The highest BCUT2D eigenvalue weighted by Gasteiger charge is 2.26. The van der Waals surface area contributed by atoms with Gasteiger partial charge in [-0.3, -0.25) is 4.79 Å². The van der Waals surface area contributed by atoms with Crippen molar-refractivity contribution < 1.29 is 9.53 Å². The van der Waals surface area contributed by atoms with E-state index in [2.05, 4.69) is 17.0 Å². The highest BCUT2D eigenvalue weighted by atomic mass is 35.5. The summed E-state index contributed by atoms with van der Waals surface area (Å²) in [6.07, 6.45) is 2.27. The Morgan fingerprint density at radius 2 is 1.85 bits per heavy atom. The average molecular weight is 371 g/mol. The normalized spacial score (nSPS) is 18.5. The van der Waals surface area contributed by atoms with E-state index in [1.54, 1.807) is 0 Å². The minimum Gasteiger partial charge on any atom is -0.482 e. The quantitative estimate of drug-likeness (QED) is 0.817. The van der Waals surface area contributed by atoms with Crippen molar-refractivity contribution in [3.8, 4) is 5.75 Å². The monoisotopic (exact) mass is 370 g/mol. The molecule has 0 aliphatic carbocycles. The number of nitrogens with zero attached hydrogens (tertiary/aromatic N) is 2. The van der Waals surface area contributed by atoms with Crippen LogP contribution in [0.25, 0.3) is 0 Å². The van der Waals surface area contributed by atoms with E-state index >= 15 is 0 Å². The van der Waals surface area contributed by atoms with Crippen LogP contribution in [-0.2, 0) is 4.79 Å². The third kappa shape index (κ3) is 3.71. The molecule has 2 aromatic rings. The first-order valence-corrected chi connectivity index (χ1v) is 9.58. The van der Waals surface area contributed by atoms with Crippen LogP contribution in [0, 0.1) is 0 Å². The van der Waals surface area contributed by atoms with E-state index in [1.807, 2.05) is 41.3 Å². The summed E-state index contributed by atoms with van der Waals surface area (Å²) in [6.45, 7) is 3.84. The molecule has 136 valence electrons. The number of likely N-dealkylation sites (tertiary alicyclic amines) is 1. The van der Waals surface area contributed by atoms with Crippen LogP contribution in [0.4, 0.5) is 5.69 Å². The zero-order chi connectivity index (χ0) is 17.9. The van der Waals surface area contributed by atoms with Gasteiger partial charge >= 0.3 is 0 Å². The predicted molar refractivity (Wildman–Crippen MR) is 104 cm³/mol. The maximum Gasteiger partial charge on any atom is 0.265 e. The Labute approximate surface area is 159 Å². The number of carbonyl (C=O) groups is 1. The number of carbonyl (C=O) groups excluding carboxylic acids is 1. The van der Waals surface area contributed by atoms with Crippen molar-refractivity contribution in [2.45, 2.75) is 18.8 Å². The van der Waals surface area contributed by atoms with Gasteiger partial charge in [-0.05, 0) is 61.7 Å². The minimum atomic E-state index is 0.0394. The Kier molecular flexibility index (Phi) is 5.14. The Balaban J connectivity index is 1.33. The van der Waals surface area contributed by atoms with Crippen LogP contribution in [-0.4, -0.2) is 43.6 Å². The highest BCUT2D eigenvalue weighted by molar-refractivity contribution is 6.30. The van der Waals surface area contributed by atoms with Gasteiger partial charge in [0.05, 0.1) is 5.69 Å². The van der Waals surface area contributed by atoms with Gasteiger partial charge in [-0.2, -0.15) is 0 Å². The molecule has 4 rings (SSSR count). The van der Waals surface area contributed by atoms with Crippen molar-refractivity contribution in [2.75, 3.05) is 37.7 Å². The maximum absolute atomic E-state index is 12.3. The third-order valence-corrected chi connectivity index (χ3v) is 5.59. The fourth-order valence-corrected chi connectivity index (χ4v) is 4.09. The summed E-state index contributed by atoms with van der Waals surface area (Å²) in [5.41, 5.74) is 2.23. The molecule has 0 radical (unpaired) electrons. The van der Waals surface area contributed by atoms with E-state index in [1.165, 1.54) is 5.56 Å². The first kappa shape index (κ1) is 17.4. The SMILES string of the molecule is O=C1COc2ccccc2N1CCN1CCC(c2cccc(Cl)c2)CC1. The van der Waals surface area contributed by atoms with Crippen LogP contribution in [0.15, 0.2) is 48.5 Å². The fourth-order valence-electron chi connectivity index (χ4n) is 3.89. The van der Waals surface area contributed by atoms with Gasteiger partial charge in [-0.1, -0.05) is 35.9 Å². The number of hydrogen-bond donors (Lipinski definition) is 0. The van der Waals surface area contributed by atoms with E-state index in [0.717, 1.165) is 48.9 Å². The van der Waals surface area contributed by atoms with Crippen LogP contribution >= 0.6 is 11.6 Å². The predicted octanol–water partition coefficient (Wildman–Crippen LogP) is 3.95. The molecule has 0 saturated carbocycles. The van der Waals surface area contributed by atoms with Crippen molar-refractivity contribution in [3.63, 3.8) is 0 Å². The third-order valence-electron chi connectivity index (χ3n) is 5.36. The molecule has 0 aromatic heterocycles. The number of benzene rings is 2. The first-order valence-electron chi connectivity index (χ1n) is 9.21. The van der Waals surface area contributed by atoms with E-state index in [0.29, 0.717) is 12.5 Å². The van der Waals surface area contributed by atoms with E-state index in [9.17, 15) is 4.79 Å². The summed E-state index contributed by atoms with van der Waals surface area (Å²) in [7, 11) is 0. The summed E-state index contributed by atoms with van der Waals surface area (Å²) >= 11 is 6.13. The number of para-hydroxylation sites is 2. The van der Waals surface area contributed by atoms with Crippen molar-refractivity contribution >= 4 is 23.2 Å². The second-order valence-corrected chi connectivity index (χ2v) is 7.41. The number of rotatable bonds is 4. The van der Waals surface area contributed by atoms with Crippen molar-refractivity contribution in [2.24, 2.45) is 0 Å². The number of ether oxygens (including phenoxy) is 1. The van der Waals surface area contributed by atoms with Gasteiger partial charge in [-0.25, -0.2) is 0 Å². The Morgan fingerprint density at radius 3 is 2.65 bits per heavy atom. The first-order chi connectivity index (χ1) is 12.7. The van der Waals surface area contributed by atoms with Gasteiger partial charge in [-0.15, -0.1) is 0 Å². The lowest BCUT2D eigenvalue weighted by molar-refractivity contribution is -0.121. The molecule has 2 aromatic carbocycles. The molecule has 0 bridgehead atoms. The van der Waals surface area contributed by atoms with Gasteiger partial charge in [0.25, 0.3) is 5.91 Å². The standard InChI is InChI=1S/C21H23ClN2O2/c22-18-5-3-4-17(14-18)16-8-10-23(11-9-16)12-13-24-19-6-1-2-7-20(19)26-15-21(24)25/h1-7,14,16H,8-13,15H2. The molecule has 2 aliphatic heterocycles. The Bertz CT molecular complexity index is 787. The molecule has 1 amide bonds. The smallest absolute Gasteiger partial charge is 0.265 e. The van der Waals surface area contributed by atoms with Gasteiger partial charge in [0.15, 0.2) is 6.61 Å². The summed E-state index contributed by atoms with van der Waals surface area (Å²) in [4.78, 5) is 16.6. The Morgan fingerprint density at radius 1 is 1.04 bits per heavy atom. The molecule has 1 fully saturated rings. The second-order valence-electron chi connectivity index (χ2n) is 6.97. The maximum atomic E-state index is 12.3. The van der Waals surface area contributed by atoms with Crippen LogP contribution in [0.1, 0.15) is 24.3 Å². The second kappa shape index (κ2) is 7.68. The summed E-state index contributed by atoms with van der Waals surface area (Å²) in [5.74, 6) is 1.42. The van der Waals surface area contributed by atoms with Crippen LogP contribution in [0.5, 0.6) is 5.75 Å². The number of fused-ring (bicyclic) bond motifs is 1. The van der Waals surface area contributed by atoms with Gasteiger partial charge < -0.3 is 14.5 Å². The van der Waals surface area contributed by atoms with Crippen LogP contribution in [0.2, 0.25) is 5.02 Å². The van der Waals surface area contributed by atoms with Crippen molar-refractivity contribution in [3.05, 3.63) is 59.1 Å². The zero-order valence-electron chi connectivity index (χ0n) is 14.7. The molecular weight excluding hydrogens is 348 g/mol. The summed E-state index contributed by atoms with van der Waals surface area (Å²) in [6, 6.07) is 16.0. The van der Waals surface area contributed by atoms with Gasteiger partial charge in [0.2, 0.25) is 0 Å².